The molecule has 0 aliphatic carbocycles. The molecule has 0 spiro atoms. The van der Waals surface area contributed by atoms with Gasteiger partial charge in [-0.3, -0.25) is 4.79 Å². The average Bonchev–Trinajstić information content (AvgIpc) is 3.06. The first kappa shape index (κ1) is 15.0. The van der Waals surface area contributed by atoms with Crippen LogP contribution < -0.4 is 4.90 Å². The highest BCUT2D eigenvalue weighted by Gasteiger charge is 2.12. The van der Waals surface area contributed by atoms with Crippen LogP contribution in [0.25, 0.3) is 0 Å². The molecule has 0 radical (unpaired) electrons. The predicted octanol–water partition coefficient (Wildman–Crippen LogP) is 3.48. The van der Waals surface area contributed by atoms with Gasteiger partial charge in [-0.15, -0.1) is 0 Å². The van der Waals surface area contributed by atoms with Gasteiger partial charge in [0.2, 0.25) is 5.91 Å². The van der Waals surface area contributed by atoms with Crippen molar-refractivity contribution in [1.29, 1.82) is 0 Å². The number of carbonyl (C=O) groups is 1. The molecule has 3 aromatic rings. The molecule has 0 bridgehead atoms. The van der Waals surface area contributed by atoms with Crippen LogP contribution in [0.4, 0.5) is 5.69 Å². The Bertz CT molecular complexity index is 766. The summed E-state index contributed by atoms with van der Waals surface area (Å²) in [5.74, 6) is 0.0358. The summed E-state index contributed by atoms with van der Waals surface area (Å²) in [5.41, 5.74) is 3.17. The Morgan fingerprint density at radius 1 is 1.09 bits per heavy atom. The third-order valence-corrected chi connectivity index (χ3v) is 3.71. The van der Waals surface area contributed by atoms with Crippen LogP contribution in [0, 0.1) is 0 Å². The maximum Gasteiger partial charge on any atom is 0.224 e. The van der Waals surface area contributed by atoms with E-state index in [0.29, 0.717) is 6.54 Å². The molecule has 3 rings (SSSR count). The third-order valence-electron chi connectivity index (χ3n) is 3.71. The number of carbonyl (C=O) groups excluding carboxylic acids is 1. The maximum absolute atomic E-state index is 12.1. The first-order valence-corrected chi connectivity index (χ1v) is 7.59. The van der Waals surface area contributed by atoms with Gasteiger partial charge in [0.25, 0.3) is 0 Å². The van der Waals surface area contributed by atoms with Gasteiger partial charge in [0, 0.05) is 31.5 Å². The van der Waals surface area contributed by atoms with Crippen LogP contribution in [0.15, 0.2) is 73.3 Å². The summed E-state index contributed by atoms with van der Waals surface area (Å²) in [5, 5.41) is 0. The molecule has 1 heterocycles. The van der Waals surface area contributed by atoms with Crippen LogP contribution in [-0.2, 0) is 17.9 Å². The molecule has 23 heavy (non-hydrogen) atoms. The largest absolute Gasteiger partial charge is 0.333 e. The first-order chi connectivity index (χ1) is 11.2. The van der Waals surface area contributed by atoms with Crippen molar-refractivity contribution >= 4 is 11.6 Å². The van der Waals surface area contributed by atoms with Gasteiger partial charge in [0.15, 0.2) is 0 Å². The monoisotopic (exact) mass is 305 g/mol. The minimum absolute atomic E-state index is 0.0358. The normalized spacial score (nSPS) is 10.5. The van der Waals surface area contributed by atoms with Crippen molar-refractivity contribution in [3.8, 4) is 0 Å². The Labute approximate surface area is 136 Å². The first-order valence-electron chi connectivity index (χ1n) is 7.59. The topological polar surface area (TPSA) is 38.1 Å². The van der Waals surface area contributed by atoms with Crippen LogP contribution in [0.2, 0.25) is 0 Å². The van der Waals surface area contributed by atoms with Crippen LogP contribution in [-0.4, -0.2) is 15.5 Å². The molecule has 1 aromatic heterocycles. The van der Waals surface area contributed by atoms with Crippen molar-refractivity contribution in [1.82, 2.24) is 9.55 Å². The summed E-state index contributed by atoms with van der Waals surface area (Å²) in [7, 11) is 0. The van der Waals surface area contributed by atoms with Gasteiger partial charge in [0.05, 0.1) is 12.9 Å². The van der Waals surface area contributed by atoms with Crippen LogP contribution in [0.1, 0.15) is 18.1 Å². The number of rotatable bonds is 5. The SMILES string of the molecule is CC(=O)N(Cc1ccccc1)c1cccc(Cn2ccnc2)c1. The second-order valence-corrected chi connectivity index (χ2v) is 5.50. The fourth-order valence-corrected chi connectivity index (χ4v) is 2.56. The van der Waals surface area contributed by atoms with Gasteiger partial charge >= 0.3 is 0 Å². The van der Waals surface area contributed by atoms with E-state index in [0.717, 1.165) is 23.4 Å². The smallest absolute Gasteiger partial charge is 0.224 e. The minimum atomic E-state index is 0.0358. The number of aromatic nitrogens is 2. The van der Waals surface area contributed by atoms with E-state index < -0.39 is 0 Å². The molecular formula is C19H19N3O. The van der Waals surface area contributed by atoms with E-state index in [4.69, 9.17) is 0 Å². The summed E-state index contributed by atoms with van der Waals surface area (Å²) in [6.45, 7) is 2.92. The van der Waals surface area contributed by atoms with Gasteiger partial charge in [-0.05, 0) is 23.3 Å². The molecule has 4 heteroatoms. The van der Waals surface area contributed by atoms with Crippen LogP contribution in [0.3, 0.4) is 0 Å². The van der Waals surface area contributed by atoms with E-state index in [9.17, 15) is 4.79 Å². The lowest BCUT2D eigenvalue weighted by molar-refractivity contribution is -0.116. The highest BCUT2D eigenvalue weighted by Crippen LogP contribution is 2.20. The van der Waals surface area contributed by atoms with Gasteiger partial charge in [-0.1, -0.05) is 42.5 Å². The maximum atomic E-state index is 12.1. The third kappa shape index (κ3) is 3.86. The molecule has 116 valence electrons. The van der Waals surface area contributed by atoms with Crippen molar-refractivity contribution in [2.75, 3.05) is 4.90 Å². The van der Waals surface area contributed by atoms with E-state index in [1.165, 1.54) is 0 Å². The number of amides is 1. The van der Waals surface area contributed by atoms with E-state index in [1.807, 2.05) is 53.2 Å². The summed E-state index contributed by atoms with van der Waals surface area (Å²) >= 11 is 0. The van der Waals surface area contributed by atoms with Crippen molar-refractivity contribution in [2.24, 2.45) is 0 Å². The fourth-order valence-electron chi connectivity index (χ4n) is 2.56. The zero-order valence-corrected chi connectivity index (χ0v) is 13.1. The molecular weight excluding hydrogens is 286 g/mol. The van der Waals surface area contributed by atoms with Gasteiger partial charge < -0.3 is 9.47 Å². The lowest BCUT2D eigenvalue weighted by Gasteiger charge is -2.22. The van der Waals surface area contributed by atoms with Gasteiger partial charge in [-0.25, -0.2) is 4.98 Å². The van der Waals surface area contributed by atoms with Crippen molar-refractivity contribution in [2.45, 2.75) is 20.0 Å². The van der Waals surface area contributed by atoms with Gasteiger partial charge in [0.1, 0.15) is 0 Å². The number of anilines is 1. The summed E-state index contributed by atoms with van der Waals surface area (Å²) in [4.78, 5) is 17.9. The lowest BCUT2D eigenvalue weighted by Crippen LogP contribution is -2.27. The molecule has 0 fully saturated rings. The second-order valence-electron chi connectivity index (χ2n) is 5.50. The molecule has 2 aromatic carbocycles. The molecule has 0 atom stereocenters. The standard InChI is InChI=1S/C19H19N3O/c1-16(23)22(14-17-6-3-2-4-7-17)19-9-5-8-18(12-19)13-21-11-10-20-15-21/h2-12,15H,13-14H2,1H3. The summed E-state index contributed by atoms with van der Waals surface area (Å²) in [6, 6.07) is 18.1. The van der Waals surface area contributed by atoms with Crippen molar-refractivity contribution < 1.29 is 4.79 Å². The van der Waals surface area contributed by atoms with E-state index in [2.05, 4.69) is 17.1 Å². The van der Waals surface area contributed by atoms with Gasteiger partial charge in [-0.2, -0.15) is 0 Å². The molecule has 0 aliphatic heterocycles. The lowest BCUT2D eigenvalue weighted by atomic mass is 10.1. The number of hydrogen-bond acceptors (Lipinski definition) is 2. The molecule has 0 saturated carbocycles. The summed E-state index contributed by atoms with van der Waals surface area (Å²) < 4.78 is 2.01. The van der Waals surface area contributed by atoms with Crippen molar-refractivity contribution in [3.05, 3.63) is 84.4 Å². The molecule has 0 aliphatic rings. The average molecular weight is 305 g/mol. The van der Waals surface area contributed by atoms with Crippen LogP contribution in [0.5, 0.6) is 0 Å². The highest BCUT2D eigenvalue weighted by atomic mass is 16.2. The molecule has 1 amide bonds. The van der Waals surface area contributed by atoms with Crippen molar-refractivity contribution in [3.63, 3.8) is 0 Å². The number of benzene rings is 2. The minimum Gasteiger partial charge on any atom is -0.333 e. The fraction of sp³-hybridized carbons (Fsp3) is 0.158. The Kier molecular flexibility index (Phi) is 4.52. The zero-order valence-electron chi connectivity index (χ0n) is 13.1. The Morgan fingerprint density at radius 2 is 1.87 bits per heavy atom. The molecule has 4 nitrogen and oxygen atoms in total. The van der Waals surface area contributed by atoms with E-state index >= 15 is 0 Å². The Hall–Kier alpha value is -2.88. The molecule has 0 saturated heterocycles. The Morgan fingerprint density at radius 3 is 2.57 bits per heavy atom. The number of nitrogens with zero attached hydrogens (tertiary/aromatic N) is 3. The predicted molar refractivity (Wildman–Crippen MR) is 91.1 cm³/mol. The quantitative estimate of drug-likeness (QED) is 0.724. The van der Waals surface area contributed by atoms with E-state index in [-0.39, 0.29) is 5.91 Å². The number of hydrogen-bond donors (Lipinski definition) is 0. The second kappa shape index (κ2) is 6.92. The molecule has 0 unspecified atom stereocenters. The van der Waals surface area contributed by atoms with E-state index in [1.54, 1.807) is 24.3 Å². The highest BCUT2D eigenvalue weighted by molar-refractivity contribution is 5.91. The van der Waals surface area contributed by atoms with Crippen LogP contribution >= 0.6 is 0 Å². The number of imidazole rings is 1. The summed E-state index contributed by atoms with van der Waals surface area (Å²) in [6.07, 6.45) is 5.49. The molecule has 0 N–H and O–H groups in total. The zero-order chi connectivity index (χ0) is 16.1. The Balaban J connectivity index is 1.83.